The fourth-order valence-corrected chi connectivity index (χ4v) is 7.26. The maximum atomic E-state index is 5.09. The van der Waals surface area contributed by atoms with Crippen LogP contribution in [0.25, 0.3) is 88.0 Å². The molecule has 0 unspecified atom stereocenters. The molecular formula is C44H28N4S. The second kappa shape index (κ2) is 12.4. The Morgan fingerprint density at radius 2 is 0.898 bits per heavy atom. The average molecular weight is 645 g/mol. The number of benzene rings is 7. The molecule has 0 saturated heterocycles. The molecule has 0 atom stereocenters. The number of hydrogen-bond acceptors (Lipinski definition) is 5. The van der Waals surface area contributed by atoms with Crippen molar-refractivity contribution in [3.8, 4) is 67.0 Å². The average Bonchev–Trinajstić information content (AvgIpc) is 3.62. The Kier molecular flexibility index (Phi) is 7.30. The third kappa shape index (κ3) is 5.67. The molecule has 0 bridgehead atoms. The molecule has 9 aromatic rings. The zero-order valence-electron chi connectivity index (χ0n) is 26.4. The number of hydrogen-bond donors (Lipinski definition) is 0. The lowest BCUT2D eigenvalue weighted by Crippen LogP contribution is -2.00. The highest BCUT2D eigenvalue weighted by atomic mass is 32.1. The summed E-state index contributed by atoms with van der Waals surface area (Å²) in [4.78, 5) is 20.2. The van der Waals surface area contributed by atoms with Crippen molar-refractivity contribution in [1.29, 1.82) is 0 Å². The van der Waals surface area contributed by atoms with E-state index >= 15 is 0 Å². The summed E-state index contributed by atoms with van der Waals surface area (Å²) in [5, 5.41) is 3.41. The maximum Gasteiger partial charge on any atom is 0.164 e. The van der Waals surface area contributed by atoms with E-state index in [1.54, 1.807) is 11.3 Å². The molecule has 49 heavy (non-hydrogen) atoms. The lowest BCUT2D eigenvalue weighted by Gasteiger charge is -2.14. The summed E-state index contributed by atoms with van der Waals surface area (Å²) in [5.41, 5.74) is 9.31. The van der Waals surface area contributed by atoms with Gasteiger partial charge >= 0.3 is 0 Å². The third-order valence-corrected chi connectivity index (χ3v) is 9.82. The van der Waals surface area contributed by atoms with Gasteiger partial charge in [0.05, 0.1) is 10.2 Å². The summed E-state index contributed by atoms with van der Waals surface area (Å²) in [7, 11) is 0. The van der Waals surface area contributed by atoms with Crippen molar-refractivity contribution in [2.45, 2.75) is 0 Å². The molecule has 0 saturated carbocycles. The van der Waals surface area contributed by atoms with Gasteiger partial charge in [-0.05, 0) is 63.4 Å². The van der Waals surface area contributed by atoms with Gasteiger partial charge in [0.2, 0.25) is 0 Å². The molecule has 0 amide bonds. The fraction of sp³-hybridized carbons (Fsp3) is 0. The number of fused-ring (bicyclic) bond motifs is 2. The minimum atomic E-state index is 0.622. The normalized spacial score (nSPS) is 11.3. The Labute approximate surface area is 288 Å². The van der Waals surface area contributed by atoms with Crippen molar-refractivity contribution in [3.05, 3.63) is 170 Å². The summed E-state index contributed by atoms with van der Waals surface area (Å²) in [6.45, 7) is 0. The molecule has 0 aliphatic rings. The van der Waals surface area contributed by atoms with Crippen molar-refractivity contribution in [2.75, 3.05) is 0 Å². The van der Waals surface area contributed by atoms with E-state index in [0.717, 1.165) is 59.7 Å². The van der Waals surface area contributed by atoms with Crippen molar-refractivity contribution in [2.24, 2.45) is 0 Å². The lowest BCUT2D eigenvalue weighted by atomic mass is 9.93. The van der Waals surface area contributed by atoms with Crippen molar-refractivity contribution >= 4 is 32.3 Å². The molecule has 0 aliphatic carbocycles. The van der Waals surface area contributed by atoms with Gasteiger partial charge in [0.25, 0.3) is 0 Å². The predicted octanol–water partition coefficient (Wildman–Crippen LogP) is 11.6. The van der Waals surface area contributed by atoms with Gasteiger partial charge in [0.1, 0.15) is 5.01 Å². The van der Waals surface area contributed by atoms with Crippen LogP contribution in [0, 0.1) is 0 Å². The monoisotopic (exact) mass is 644 g/mol. The Morgan fingerprint density at radius 1 is 0.347 bits per heavy atom. The molecule has 0 radical (unpaired) electrons. The van der Waals surface area contributed by atoms with Crippen LogP contribution in [0.2, 0.25) is 0 Å². The minimum absolute atomic E-state index is 0.622. The quantitative estimate of drug-likeness (QED) is 0.181. The van der Waals surface area contributed by atoms with E-state index in [9.17, 15) is 0 Å². The molecule has 4 nitrogen and oxygen atoms in total. The first-order valence-electron chi connectivity index (χ1n) is 16.2. The van der Waals surface area contributed by atoms with Crippen LogP contribution in [-0.2, 0) is 0 Å². The van der Waals surface area contributed by atoms with Crippen molar-refractivity contribution < 1.29 is 0 Å². The van der Waals surface area contributed by atoms with Gasteiger partial charge in [-0.3, -0.25) is 0 Å². The molecule has 2 heterocycles. The van der Waals surface area contributed by atoms with Crippen molar-refractivity contribution in [3.63, 3.8) is 0 Å². The zero-order chi connectivity index (χ0) is 32.6. The van der Waals surface area contributed by atoms with E-state index in [1.165, 1.54) is 10.8 Å². The highest BCUT2D eigenvalue weighted by Crippen LogP contribution is 2.38. The van der Waals surface area contributed by atoms with Gasteiger partial charge < -0.3 is 0 Å². The SMILES string of the molecule is c1ccc(-c2nc(-c3ccccc3)nc(-c3cc(-c4ccc5sc(-c6ccccc6)nc5c4)cc(-c4cccc5ccccc45)c3)n2)cc1. The lowest BCUT2D eigenvalue weighted by molar-refractivity contribution is 1.07. The molecule has 5 heteroatoms. The second-order valence-corrected chi connectivity index (χ2v) is 13.0. The highest BCUT2D eigenvalue weighted by Gasteiger charge is 2.16. The first kappa shape index (κ1) is 28.9. The predicted molar refractivity (Wildman–Crippen MR) is 203 cm³/mol. The van der Waals surface area contributed by atoms with E-state index in [-0.39, 0.29) is 0 Å². The Bertz CT molecular complexity index is 2530. The van der Waals surface area contributed by atoms with Crippen LogP contribution >= 0.6 is 11.3 Å². The molecule has 0 aliphatic heterocycles. The highest BCUT2D eigenvalue weighted by molar-refractivity contribution is 7.21. The fourth-order valence-electron chi connectivity index (χ4n) is 6.30. The first-order valence-corrected chi connectivity index (χ1v) is 17.0. The summed E-state index contributed by atoms with van der Waals surface area (Å²) >= 11 is 1.72. The standard InChI is InChI=1S/C44H28N4S/c1-4-14-30(15-5-1)41-46-42(31-16-6-2-7-17-31)48-43(47-41)36-26-34(25-35(27-36)38-22-12-20-29-13-10-11-21-37(29)38)33-23-24-40-39(28-33)45-44(49-40)32-18-8-3-9-19-32/h1-28H. The van der Waals surface area contributed by atoms with Gasteiger partial charge in [-0.1, -0.05) is 140 Å². The molecule has 0 spiro atoms. The topological polar surface area (TPSA) is 51.6 Å². The zero-order valence-corrected chi connectivity index (χ0v) is 27.2. The minimum Gasteiger partial charge on any atom is -0.236 e. The van der Waals surface area contributed by atoms with E-state index in [4.69, 9.17) is 19.9 Å². The van der Waals surface area contributed by atoms with Gasteiger partial charge in [-0.15, -0.1) is 11.3 Å². The van der Waals surface area contributed by atoms with Crippen LogP contribution in [0.4, 0.5) is 0 Å². The van der Waals surface area contributed by atoms with E-state index in [0.29, 0.717) is 17.5 Å². The Morgan fingerprint density at radius 3 is 1.59 bits per heavy atom. The van der Waals surface area contributed by atoms with E-state index < -0.39 is 0 Å². The van der Waals surface area contributed by atoms with Crippen LogP contribution in [0.5, 0.6) is 0 Å². The molecule has 2 aromatic heterocycles. The Hall–Kier alpha value is -6.30. The summed E-state index contributed by atoms with van der Waals surface area (Å²) < 4.78 is 1.16. The largest absolute Gasteiger partial charge is 0.236 e. The summed E-state index contributed by atoms with van der Waals surface area (Å²) in [5.74, 6) is 1.90. The van der Waals surface area contributed by atoms with Crippen LogP contribution in [-0.4, -0.2) is 19.9 Å². The maximum absolute atomic E-state index is 5.09. The molecule has 0 fully saturated rings. The van der Waals surface area contributed by atoms with Gasteiger partial charge in [0, 0.05) is 22.3 Å². The molecular weight excluding hydrogens is 617 g/mol. The van der Waals surface area contributed by atoms with Crippen molar-refractivity contribution in [1.82, 2.24) is 19.9 Å². The summed E-state index contributed by atoms with van der Waals surface area (Å²) in [6, 6.07) is 58.9. The number of aromatic nitrogens is 4. The van der Waals surface area contributed by atoms with Crippen LogP contribution < -0.4 is 0 Å². The first-order chi connectivity index (χ1) is 24.2. The van der Waals surface area contributed by atoms with Crippen LogP contribution in [0.3, 0.4) is 0 Å². The summed E-state index contributed by atoms with van der Waals surface area (Å²) in [6.07, 6.45) is 0. The van der Waals surface area contributed by atoms with Gasteiger partial charge in [-0.2, -0.15) is 0 Å². The molecule has 0 N–H and O–H groups in total. The van der Waals surface area contributed by atoms with Gasteiger partial charge in [-0.25, -0.2) is 19.9 Å². The van der Waals surface area contributed by atoms with E-state index in [1.807, 2.05) is 66.7 Å². The number of rotatable bonds is 6. The van der Waals surface area contributed by atoms with Gasteiger partial charge in [0.15, 0.2) is 17.5 Å². The Balaban J connectivity index is 1.26. The molecule has 9 rings (SSSR count). The van der Waals surface area contributed by atoms with Crippen LogP contribution in [0.1, 0.15) is 0 Å². The molecule has 7 aromatic carbocycles. The number of nitrogens with zero attached hydrogens (tertiary/aromatic N) is 4. The molecule has 230 valence electrons. The van der Waals surface area contributed by atoms with E-state index in [2.05, 4.69) is 103 Å². The third-order valence-electron chi connectivity index (χ3n) is 8.73. The second-order valence-electron chi connectivity index (χ2n) is 11.9. The smallest absolute Gasteiger partial charge is 0.164 e. The van der Waals surface area contributed by atoms with Crippen LogP contribution in [0.15, 0.2) is 170 Å². The number of thiazole rings is 1.